The first-order valence-electron chi connectivity index (χ1n) is 13.3. The second kappa shape index (κ2) is 12.3. The molecule has 0 aliphatic heterocycles. The van der Waals surface area contributed by atoms with E-state index in [4.69, 9.17) is 0 Å². The molecule has 1 saturated carbocycles. The molecule has 33 heavy (non-hydrogen) atoms. The number of aliphatic hydroxyl groups is 2. The van der Waals surface area contributed by atoms with Gasteiger partial charge in [0.15, 0.2) is 0 Å². The van der Waals surface area contributed by atoms with Gasteiger partial charge >= 0.3 is 0 Å². The van der Waals surface area contributed by atoms with Gasteiger partial charge in [0.1, 0.15) is 0 Å². The van der Waals surface area contributed by atoms with Crippen LogP contribution in [0, 0.1) is 24.7 Å². The van der Waals surface area contributed by atoms with Crippen LogP contribution < -0.4 is 0 Å². The SMILES string of the molecule is Cc1cccc(C[C@H](O)C=C[C@@H]2[C@H]3CC(CCCCCN(C(C)C)C(C)C)=C[C@H]3C[C@H]2O)c1. The third-order valence-electron chi connectivity index (χ3n) is 7.77. The van der Waals surface area contributed by atoms with Crippen LogP contribution in [0.2, 0.25) is 0 Å². The van der Waals surface area contributed by atoms with Crippen LogP contribution in [-0.4, -0.2) is 45.9 Å². The van der Waals surface area contributed by atoms with Crippen molar-refractivity contribution in [1.82, 2.24) is 4.90 Å². The molecule has 2 aliphatic rings. The van der Waals surface area contributed by atoms with Crippen LogP contribution >= 0.6 is 0 Å². The highest BCUT2D eigenvalue weighted by atomic mass is 16.3. The zero-order valence-corrected chi connectivity index (χ0v) is 21.6. The zero-order chi connectivity index (χ0) is 24.0. The van der Waals surface area contributed by atoms with E-state index in [-0.39, 0.29) is 12.0 Å². The fourth-order valence-corrected chi connectivity index (χ4v) is 6.13. The Hall–Kier alpha value is -1.42. The van der Waals surface area contributed by atoms with Crippen molar-refractivity contribution >= 4 is 0 Å². The van der Waals surface area contributed by atoms with Crippen LogP contribution in [-0.2, 0) is 6.42 Å². The van der Waals surface area contributed by atoms with Gasteiger partial charge in [-0.3, -0.25) is 4.90 Å². The molecule has 5 atom stereocenters. The molecule has 2 N–H and O–H groups in total. The van der Waals surface area contributed by atoms with Crippen LogP contribution in [0.25, 0.3) is 0 Å². The minimum atomic E-state index is -0.497. The highest BCUT2D eigenvalue weighted by molar-refractivity contribution is 5.24. The number of aliphatic hydroxyl groups excluding tert-OH is 2. The van der Waals surface area contributed by atoms with Gasteiger partial charge in [-0.15, -0.1) is 0 Å². The minimum Gasteiger partial charge on any atom is -0.392 e. The number of rotatable bonds is 12. The van der Waals surface area contributed by atoms with Gasteiger partial charge in [-0.1, -0.05) is 60.1 Å². The van der Waals surface area contributed by atoms with Crippen molar-refractivity contribution in [1.29, 1.82) is 0 Å². The number of allylic oxidation sites excluding steroid dienone is 2. The maximum atomic E-state index is 10.6. The molecule has 1 aromatic carbocycles. The number of fused-ring (bicyclic) bond motifs is 1. The lowest BCUT2D eigenvalue weighted by molar-refractivity contribution is 0.140. The molecule has 0 saturated heterocycles. The monoisotopic (exact) mass is 453 g/mol. The topological polar surface area (TPSA) is 43.7 Å². The first-order chi connectivity index (χ1) is 15.7. The zero-order valence-electron chi connectivity index (χ0n) is 21.6. The third kappa shape index (κ3) is 7.53. The van der Waals surface area contributed by atoms with Crippen LogP contribution in [0.15, 0.2) is 48.1 Å². The van der Waals surface area contributed by atoms with Crippen LogP contribution in [0.3, 0.4) is 0 Å². The van der Waals surface area contributed by atoms with Gasteiger partial charge in [-0.25, -0.2) is 0 Å². The lowest BCUT2D eigenvalue weighted by atomic mass is 9.88. The quantitative estimate of drug-likeness (QED) is 0.298. The summed E-state index contributed by atoms with van der Waals surface area (Å²) in [5.41, 5.74) is 3.98. The van der Waals surface area contributed by atoms with Gasteiger partial charge in [0.05, 0.1) is 12.2 Å². The number of hydrogen-bond donors (Lipinski definition) is 2. The minimum absolute atomic E-state index is 0.168. The number of unbranched alkanes of at least 4 members (excludes halogenated alkanes) is 2. The number of nitrogens with zero attached hydrogens (tertiary/aromatic N) is 1. The van der Waals surface area contributed by atoms with Crippen molar-refractivity contribution in [3.8, 4) is 0 Å². The number of aryl methyl sites for hydroxylation is 1. The molecule has 1 fully saturated rings. The van der Waals surface area contributed by atoms with E-state index in [1.54, 1.807) is 5.57 Å². The van der Waals surface area contributed by atoms with Crippen molar-refractivity contribution in [2.24, 2.45) is 17.8 Å². The van der Waals surface area contributed by atoms with E-state index in [0.29, 0.717) is 30.3 Å². The normalized spacial score (nSPS) is 26.1. The van der Waals surface area contributed by atoms with Crippen molar-refractivity contribution in [3.63, 3.8) is 0 Å². The summed E-state index contributed by atoms with van der Waals surface area (Å²) in [4.78, 5) is 2.59. The van der Waals surface area contributed by atoms with Gasteiger partial charge in [0.25, 0.3) is 0 Å². The maximum absolute atomic E-state index is 10.6. The molecule has 3 heteroatoms. The smallest absolute Gasteiger partial charge is 0.0761 e. The second-order valence-electron chi connectivity index (χ2n) is 11.1. The first kappa shape index (κ1) is 26.2. The van der Waals surface area contributed by atoms with E-state index in [2.05, 4.69) is 69.9 Å². The average Bonchev–Trinajstić information content (AvgIpc) is 3.24. The Morgan fingerprint density at radius 2 is 1.85 bits per heavy atom. The van der Waals surface area contributed by atoms with E-state index < -0.39 is 6.10 Å². The molecule has 0 spiro atoms. The highest BCUT2D eigenvalue weighted by Crippen LogP contribution is 2.48. The summed E-state index contributed by atoms with van der Waals surface area (Å²) in [7, 11) is 0. The van der Waals surface area contributed by atoms with Crippen LogP contribution in [0.4, 0.5) is 0 Å². The molecule has 0 aromatic heterocycles. The Kier molecular flexibility index (Phi) is 9.79. The van der Waals surface area contributed by atoms with Gasteiger partial charge < -0.3 is 10.2 Å². The first-order valence-corrected chi connectivity index (χ1v) is 13.3. The summed E-state index contributed by atoms with van der Waals surface area (Å²) in [5, 5.41) is 21.2. The molecular formula is C30H47NO2. The summed E-state index contributed by atoms with van der Waals surface area (Å²) in [6.45, 7) is 12.5. The Labute approximate surface area is 202 Å². The Bertz CT molecular complexity index is 788. The molecule has 3 nitrogen and oxygen atoms in total. The predicted octanol–water partition coefficient (Wildman–Crippen LogP) is 6.08. The standard InChI is InChI=1S/C30H47NO2/c1-21(2)31(22(3)4)15-8-6-7-11-25-17-26-20-30(33)28(29(26)19-25)14-13-27(32)18-24-12-9-10-23(5)16-24/h9-10,12-14,16-17,21-22,26-30,32-33H,6-8,11,15,18-20H2,1-5H3/t26-,27+,28+,29-,30+/m0/s1. The van der Waals surface area contributed by atoms with E-state index in [9.17, 15) is 10.2 Å². The van der Waals surface area contributed by atoms with Crippen LogP contribution in [0.1, 0.15) is 77.3 Å². The van der Waals surface area contributed by atoms with Crippen molar-refractivity contribution in [2.45, 2.75) is 104 Å². The van der Waals surface area contributed by atoms with Crippen LogP contribution in [0.5, 0.6) is 0 Å². The molecule has 0 bridgehead atoms. The summed E-state index contributed by atoms with van der Waals surface area (Å²) < 4.78 is 0. The number of benzene rings is 1. The Balaban J connectivity index is 1.43. The highest BCUT2D eigenvalue weighted by Gasteiger charge is 2.43. The van der Waals surface area contributed by atoms with E-state index in [0.717, 1.165) is 18.4 Å². The molecule has 0 radical (unpaired) electrons. The summed E-state index contributed by atoms with van der Waals surface area (Å²) in [5.74, 6) is 1.19. The summed E-state index contributed by atoms with van der Waals surface area (Å²) >= 11 is 0. The average molecular weight is 454 g/mol. The molecule has 184 valence electrons. The fourth-order valence-electron chi connectivity index (χ4n) is 6.13. The summed E-state index contributed by atoms with van der Waals surface area (Å²) in [6, 6.07) is 9.57. The van der Waals surface area contributed by atoms with E-state index in [1.165, 1.54) is 37.8 Å². The van der Waals surface area contributed by atoms with Crippen molar-refractivity contribution in [2.75, 3.05) is 6.54 Å². The Morgan fingerprint density at radius 3 is 2.55 bits per heavy atom. The predicted molar refractivity (Wildman–Crippen MR) is 139 cm³/mol. The van der Waals surface area contributed by atoms with Gasteiger partial charge in [0, 0.05) is 24.4 Å². The third-order valence-corrected chi connectivity index (χ3v) is 7.77. The lowest BCUT2D eigenvalue weighted by Gasteiger charge is -2.30. The largest absolute Gasteiger partial charge is 0.392 e. The maximum Gasteiger partial charge on any atom is 0.0761 e. The molecule has 3 rings (SSSR count). The molecule has 1 aromatic rings. The van der Waals surface area contributed by atoms with Gasteiger partial charge in [-0.2, -0.15) is 0 Å². The second-order valence-corrected chi connectivity index (χ2v) is 11.1. The van der Waals surface area contributed by atoms with Gasteiger partial charge in [0.2, 0.25) is 0 Å². The Morgan fingerprint density at radius 1 is 1.09 bits per heavy atom. The molecule has 0 heterocycles. The number of hydrogen-bond acceptors (Lipinski definition) is 3. The van der Waals surface area contributed by atoms with Gasteiger partial charge in [-0.05, 0) is 90.7 Å². The van der Waals surface area contributed by atoms with E-state index >= 15 is 0 Å². The molecule has 0 unspecified atom stereocenters. The van der Waals surface area contributed by atoms with Crippen molar-refractivity contribution < 1.29 is 10.2 Å². The molecule has 0 amide bonds. The molecule has 2 aliphatic carbocycles. The molecular weight excluding hydrogens is 406 g/mol. The summed E-state index contributed by atoms with van der Waals surface area (Å²) in [6.07, 6.45) is 13.4. The van der Waals surface area contributed by atoms with Crippen molar-refractivity contribution in [3.05, 3.63) is 59.2 Å². The van der Waals surface area contributed by atoms with E-state index in [1.807, 2.05) is 12.1 Å². The fraction of sp³-hybridized carbons (Fsp3) is 0.667. The lowest BCUT2D eigenvalue weighted by Crippen LogP contribution is -2.37.